The number of carbonyl (C=O) groups is 1. The second kappa shape index (κ2) is 7.09. The van der Waals surface area contributed by atoms with Crippen molar-refractivity contribution < 1.29 is 15.0 Å². The molecule has 1 unspecified atom stereocenters. The number of hydrogen-bond acceptors (Lipinski definition) is 4. The number of rotatable bonds is 6. The van der Waals surface area contributed by atoms with Crippen molar-refractivity contribution in [2.24, 2.45) is 0 Å². The van der Waals surface area contributed by atoms with Gasteiger partial charge in [-0.1, -0.05) is 0 Å². The van der Waals surface area contributed by atoms with Crippen LogP contribution in [0.2, 0.25) is 0 Å². The van der Waals surface area contributed by atoms with Crippen molar-refractivity contribution in [3.8, 4) is 0 Å². The Morgan fingerprint density at radius 2 is 2.33 bits per heavy atom. The second-order valence-electron chi connectivity index (χ2n) is 3.80. The first-order chi connectivity index (χ1) is 7.22. The third-order valence-electron chi connectivity index (χ3n) is 2.55. The van der Waals surface area contributed by atoms with Gasteiger partial charge in [0.25, 0.3) is 0 Å². The lowest BCUT2D eigenvalue weighted by Gasteiger charge is -2.31. The molecule has 0 spiro atoms. The van der Waals surface area contributed by atoms with Crippen molar-refractivity contribution in [1.82, 2.24) is 4.90 Å². The first kappa shape index (κ1) is 12.8. The van der Waals surface area contributed by atoms with Gasteiger partial charge in [0.2, 0.25) is 0 Å². The number of hydrogen-bond donors (Lipinski definition) is 2. The molecule has 0 radical (unpaired) electrons. The van der Waals surface area contributed by atoms with E-state index in [1.54, 1.807) is 11.8 Å². The van der Waals surface area contributed by atoms with Gasteiger partial charge < -0.3 is 15.1 Å². The summed E-state index contributed by atoms with van der Waals surface area (Å²) in [5.74, 6) is 0.0670. The summed E-state index contributed by atoms with van der Waals surface area (Å²) in [5.41, 5.74) is 0. The molecule has 88 valence electrons. The van der Waals surface area contributed by atoms with Crippen LogP contribution in [0.3, 0.4) is 0 Å². The number of aliphatic hydroxyl groups is 1. The maximum atomic E-state index is 10.4. The van der Waals surface area contributed by atoms with E-state index in [1.165, 1.54) is 6.42 Å². The topological polar surface area (TPSA) is 60.8 Å². The molecule has 2 N–H and O–H groups in total. The molecule has 1 atom stereocenters. The highest BCUT2D eigenvalue weighted by Crippen LogP contribution is 2.22. The minimum absolute atomic E-state index is 0.232. The van der Waals surface area contributed by atoms with Gasteiger partial charge in [0, 0.05) is 24.1 Å². The van der Waals surface area contributed by atoms with Crippen LogP contribution in [-0.4, -0.2) is 58.3 Å². The van der Waals surface area contributed by atoms with Crippen LogP contribution in [0.25, 0.3) is 0 Å². The van der Waals surface area contributed by atoms with E-state index in [2.05, 4.69) is 4.90 Å². The molecule has 1 aliphatic rings. The number of aliphatic hydroxyl groups excluding tert-OH is 1. The fourth-order valence-electron chi connectivity index (χ4n) is 1.83. The highest BCUT2D eigenvalue weighted by Gasteiger charge is 2.19. The molecule has 0 saturated carbocycles. The number of thioether (sulfide) groups is 1. The number of piperidine rings is 1. The van der Waals surface area contributed by atoms with E-state index < -0.39 is 5.97 Å². The van der Waals surface area contributed by atoms with Crippen LogP contribution in [-0.2, 0) is 4.79 Å². The van der Waals surface area contributed by atoms with E-state index in [-0.39, 0.29) is 13.0 Å². The van der Waals surface area contributed by atoms with Crippen LogP contribution in [0.4, 0.5) is 0 Å². The van der Waals surface area contributed by atoms with Crippen molar-refractivity contribution in [2.45, 2.75) is 24.5 Å². The lowest BCUT2D eigenvalue weighted by molar-refractivity contribution is -0.137. The van der Waals surface area contributed by atoms with Crippen LogP contribution in [0.15, 0.2) is 0 Å². The monoisotopic (exact) mass is 233 g/mol. The summed E-state index contributed by atoms with van der Waals surface area (Å²) in [7, 11) is 0. The Labute approximate surface area is 94.7 Å². The third kappa shape index (κ3) is 5.39. The number of carboxylic acids is 1. The Balaban J connectivity index is 2.19. The third-order valence-corrected chi connectivity index (χ3v) is 3.82. The molecular weight excluding hydrogens is 214 g/mol. The summed E-state index contributed by atoms with van der Waals surface area (Å²) in [6, 6.07) is 0. The van der Waals surface area contributed by atoms with E-state index in [0.717, 1.165) is 25.3 Å². The van der Waals surface area contributed by atoms with Gasteiger partial charge in [-0.25, -0.2) is 0 Å². The lowest BCUT2D eigenvalue weighted by Crippen LogP contribution is -2.38. The van der Waals surface area contributed by atoms with Crippen molar-refractivity contribution in [3.63, 3.8) is 0 Å². The van der Waals surface area contributed by atoms with E-state index in [4.69, 9.17) is 10.2 Å². The van der Waals surface area contributed by atoms with Gasteiger partial charge in [-0.15, -0.1) is 0 Å². The van der Waals surface area contributed by atoms with Crippen LogP contribution < -0.4 is 0 Å². The van der Waals surface area contributed by atoms with Crippen molar-refractivity contribution in [1.29, 1.82) is 0 Å². The fourth-order valence-corrected chi connectivity index (χ4v) is 2.91. The molecule has 0 aromatic carbocycles. The molecule has 0 amide bonds. The van der Waals surface area contributed by atoms with Gasteiger partial charge in [0.15, 0.2) is 0 Å². The van der Waals surface area contributed by atoms with Gasteiger partial charge in [0.1, 0.15) is 0 Å². The first-order valence-corrected chi connectivity index (χ1v) is 6.44. The molecule has 15 heavy (non-hydrogen) atoms. The SMILES string of the molecule is O=C(O)CCN1CCCC(SCCO)C1. The summed E-state index contributed by atoms with van der Waals surface area (Å²) in [6.07, 6.45) is 2.56. The lowest BCUT2D eigenvalue weighted by atomic mass is 10.1. The molecule has 1 aliphatic heterocycles. The average Bonchev–Trinajstić information content (AvgIpc) is 2.24. The zero-order valence-corrected chi connectivity index (χ0v) is 9.71. The zero-order chi connectivity index (χ0) is 11.1. The van der Waals surface area contributed by atoms with Crippen molar-refractivity contribution >= 4 is 17.7 Å². The summed E-state index contributed by atoms with van der Waals surface area (Å²) in [6.45, 7) is 2.88. The molecule has 1 heterocycles. The Morgan fingerprint density at radius 1 is 1.53 bits per heavy atom. The normalized spacial score (nSPS) is 22.9. The van der Waals surface area contributed by atoms with Crippen molar-refractivity contribution in [2.75, 3.05) is 32.0 Å². The van der Waals surface area contributed by atoms with Crippen LogP contribution >= 0.6 is 11.8 Å². The maximum absolute atomic E-state index is 10.4. The first-order valence-electron chi connectivity index (χ1n) is 5.39. The Hall–Kier alpha value is -0.260. The van der Waals surface area contributed by atoms with E-state index in [1.807, 2.05) is 0 Å². The predicted octanol–water partition coefficient (Wildman–Crippen LogP) is 0.651. The summed E-state index contributed by atoms with van der Waals surface area (Å²) < 4.78 is 0. The molecule has 0 aliphatic carbocycles. The van der Waals surface area contributed by atoms with Gasteiger partial charge in [-0.3, -0.25) is 4.79 Å². The molecule has 0 aromatic heterocycles. The second-order valence-corrected chi connectivity index (χ2v) is 5.21. The van der Waals surface area contributed by atoms with Gasteiger partial charge in [0.05, 0.1) is 13.0 Å². The molecule has 1 rings (SSSR count). The van der Waals surface area contributed by atoms with Gasteiger partial charge in [-0.05, 0) is 19.4 Å². The zero-order valence-electron chi connectivity index (χ0n) is 8.89. The Bertz CT molecular complexity index is 201. The summed E-state index contributed by atoms with van der Waals surface area (Å²) in [5, 5.41) is 17.9. The fraction of sp³-hybridized carbons (Fsp3) is 0.900. The quantitative estimate of drug-likeness (QED) is 0.705. The molecule has 1 fully saturated rings. The highest BCUT2D eigenvalue weighted by molar-refractivity contribution is 7.99. The molecular formula is C10H19NO3S. The Morgan fingerprint density at radius 3 is 3.00 bits per heavy atom. The van der Waals surface area contributed by atoms with Gasteiger partial charge >= 0.3 is 5.97 Å². The van der Waals surface area contributed by atoms with Crippen LogP contribution in [0.1, 0.15) is 19.3 Å². The van der Waals surface area contributed by atoms with E-state index in [0.29, 0.717) is 11.8 Å². The predicted molar refractivity (Wildman–Crippen MR) is 61.3 cm³/mol. The van der Waals surface area contributed by atoms with Crippen molar-refractivity contribution in [3.05, 3.63) is 0 Å². The number of nitrogens with zero attached hydrogens (tertiary/aromatic N) is 1. The summed E-state index contributed by atoms with van der Waals surface area (Å²) >= 11 is 1.80. The largest absolute Gasteiger partial charge is 0.481 e. The van der Waals surface area contributed by atoms with E-state index in [9.17, 15) is 4.79 Å². The Kier molecular flexibility index (Phi) is 6.05. The minimum Gasteiger partial charge on any atom is -0.481 e. The average molecular weight is 233 g/mol. The van der Waals surface area contributed by atoms with Crippen LogP contribution in [0.5, 0.6) is 0 Å². The smallest absolute Gasteiger partial charge is 0.304 e. The molecule has 0 aromatic rings. The minimum atomic E-state index is -0.722. The highest BCUT2D eigenvalue weighted by atomic mass is 32.2. The molecule has 1 saturated heterocycles. The van der Waals surface area contributed by atoms with Gasteiger partial charge in [-0.2, -0.15) is 11.8 Å². The molecule has 0 bridgehead atoms. The molecule has 4 nitrogen and oxygen atoms in total. The summed E-state index contributed by atoms with van der Waals surface area (Å²) in [4.78, 5) is 12.6. The number of carboxylic acid groups (broad SMARTS) is 1. The number of likely N-dealkylation sites (tertiary alicyclic amines) is 1. The molecule has 5 heteroatoms. The number of aliphatic carboxylic acids is 1. The van der Waals surface area contributed by atoms with E-state index >= 15 is 0 Å². The maximum Gasteiger partial charge on any atom is 0.304 e. The standard InChI is InChI=1S/C10H19NO3S/c12-6-7-15-9-2-1-4-11(8-9)5-3-10(13)14/h9,12H,1-8H2,(H,13,14). The van der Waals surface area contributed by atoms with Crippen LogP contribution in [0, 0.1) is 0 Å².